The number of hydrogen-bond donors (Lipinski definition) is 1. The number of carbonyl (C=O) groups excluding carboxylic acids is 1. The summed E-state index contributed by atoms with van der Waals surface area (Å²) < 4.78 is 13.7. The van der Waals surface area contributed by atoms with Crippen LogP contribution in [0.15, 0.2) is 30.6 Å². The quantitative estimate of drug-likeness (QED) is 0.933. The second-order valence-corrected chi connectivity index (χ2v) is 5.78. The molecule has 7 heteroatoms. The molecule has 5 nitrogen and oxygen atoms in total. The van der Waals surface area contributed by atoms with Crippen molar-refractivity contribution in [3.63, 3.8) is 0 Å². The van der Waals surface area contributed by atoms with E-state index >= 15 is 0 Å². The molecule has 1 saturated heterocycles. The van der Waals surface area contributed by atoms with E-state index in [1.807, 2.05) is 0 Å². The Hall–Kier alpha value is -2.21. The molecule has 0 saturated carbocycles. The molecule has 1 N–H and O–H groups in total. The first-order valence-corrected chi connectivity index (χ1v) is 7.85. The maximum absolute atomic E-state index is 13.7. The highest BCUT2D eigenvalue weighted by Crippen LogP contribution is 2.21. The van der Waals surface area contributed by atoms with Crippen molar-refractivity contribution in [2.24, 2.45) is 0 Å². The number of carbonyl (C=O) groups is 1. The van der Waals surface area contributed by atoms with Gasteiger partial charge in [-0.3, -0.25) is 4.79 Å². The number of anilines is 2. The molecule has 23 heavy (non-hydrogen) atoms. The van der Waals surface area contributed by atoms with Crippen molar-refractivity contribution in [1.82, 2.24) is 9.97 Å². The van der Waals surface area contributed by atoms with Crippen molar-refractivity contribution < 1.29 is 9.18 Å². The number of nitrogens with zero attached hydrogens (tertiary/aromatic N) is 3. The van der Waals surface area contributed by atoms with Gasteiger partial charge in [0, 0.05) is 13.1 Å². The Morgan fingerprint density at radius 3 is 2.52 bits per heavy atom. The number of benzene rings is 1. The van der Waals surface area contributed by atoms with E-state index in [-0.39, 0.29) is 10.6 Å². The first-order chi connectivity index (χ1) is 11.1. The monoisotopic (exact) mass is 334 g/mol. The van der Waals surface area contributed by atoms with E-state index < -0.39 is 11.7 Å². The van der Waals surface area contributed by atoms with Crippen LogP contribution in [0.25, 0.3) is 0 Å². The van der Waals surface area contributed by atoms with E-state index in [1.165, 1.54) is 37.0 Å². The number of nitrogens with one attached hydrogen (secondary N) is 1. The summed E-state index contributed by atoms with van der Waals surface area (Å²) in [4.78, 5) is 22.8. The van der Waals surface area contributed by atoms with Crippen LogP contribution in [0.3, 0.4) is 0 Å². The summed E-state index contributed by atoms with van der Waals surface area (Å²) in [5, 5.41) is 2.63. The summed E-state index contributed by atoms with van der Waals surface area (Å²) >= 11 is 5.88. The molecule has 0 atom stereocenters. The third-order valence-corrected chi connectivity index (χ3v) is 4.04. The summed E-state index contributed by atoms with van der Waals surface area (Å²) in [6.07, 6.45) is 6.53. The minimum absolute atomic E-state index is 0.0633. The zero-order valence-corrected chi connectivity index (χ0v) is 13.2. The van der Waals surface area contributed by atoms with Gasteiger partial charge >= 0.3 is 0 Å². The third kappa shape index (κ3) is 3.59. The van der Waals surface area contributed by atoms with E-state index in [0.717, 1.165) is 25.9 Å². The topological polar surface area (TPSA) is 58.1 Å². The van der Waals surface area contributed by atoms with Gasteiger partial charge in [-0.25, -0.2) is 14.4 Å². The minimum atomic E-state index is -0.666. The van der Waals surface area contributed by atoms with Crippen LogP contribution in [0, 0.1) is 5.82 Å². The lowest BCUT2D eigenvalue weighted by molar-refractivity contribution is 0.102. The molecule has 3 rings (SSSR count). The van der Waals surface area contributed by atoms with E-state index in [0.29, 0.717) is 11.6 Å². The van der Waals surface area contributed by atoms with Crippen molar-refractivity contribution in [3.05, 3.63) is 47.0 Å². The molecule has 1 amide bonds. The smallest absolute Gasteiger partial charge is 0.260 e. The molecule has 0 aliphatic carbocycles. The summed E-state index contributed by atoms with van der Waals surface area (Å²) in [7, 11) is 0. The van der Waals surface area contributed by atoms with Gasteiger partial charge in [0.05, 0.1) is 28.7 Å². The predicted octanol–water partition coefficient (Wildman–Crippen LogP) is 3.51. The third-order valence-electron chi connectivity index (χ3n) is 3.72. The Labute approximate surface area is 138 Å². The molecular formula is C16H16ClFN4O. The van der Waals surface area contributed by atoms with Crippen molar-refractivity contribution in [2.45, 2.75) is 19.3 Å². The number of piperidine rings is 1. The predicted molar refractivity (Wildman–Crippen MR) is 87.5 cm³/mol. The van der Waals surface area contributed by atoms with Crippen molar-refractivity contribution in [1.29, 1.82) is 0 Å². The molecule has 2 aromatic rings. The van der Waals surface area contributed by atoms with E-state index in [2.05, 4.69) is 20.2 Å². The normalized spacial score (nSPS) is 14.6. The van der Waals surface area contributed by atoms with Crippen molar-refractivity contribution in [3.8, 4) is 0 Å². The highest BCUT2D eigenvalue weighted by atomic mass is 35.5. The van der Waals surface area contributed by atoms with Gasteiger partial charge in [-0.05, 0) is 31.4 Å². The lowest BCUT2D eigenvalue weighted by atomic mass is 10.1. The van der Waals surface area contributed by atoms with Crippen LogP contribution in [0.4, 0.5) is 16.0 Å². The molecule has 0 bridgehead atoms. The molecular weight excluding hydrogens is 319 g/mol. The summed E-state index contributed by atoms with van der Waals surface area (Å²) in [6.45, 7) is 1.88. The second kappa shape index (κ2) is 6.91. The Balaban J connectivity index is 1.72. The highest BCUT2D eigenvalue weighted by Gasteiger charge is 2.17. The lowest BCUT2D eigenvalue weighted by Crippen LogP contribution is -2.30. The SMILES string of the molecule is O=C(Nc1cnc(N2CCCCC2)nc1)c1c(F)cccc1Cl. The van der Waals surface area contributed by atoms with Gasteiger partial charge in [0.25, 0.3) is 5.91 Å². The zero-order chi connectivity index (χ0) is 16.2. The van der Waals surface area contributed by atoms with Crippen molar-refractivity contribution in [2.75, 3.05) is 23.3 Å². The first kappa shape index (κ1) is 15.7. The van der Waals surface area contributed by atoms with Crippen LogP contribution in [0.1, 0.15) is 29.6 Å². The number of halogens is 2. The number of rotatable bonds is 3. The largest absolute Gasteiger partial charge is 0.341 e. The van der Waals surface area contributed by atoms with Gasteiger partial charge in [-0.15, -0.1) is 0 Å². The number of amides is 1. The van der Waals surface area contributed by atoms with Crippen molar-refractivity contribution >= 4 is 29.1 Å². The fourth-order valence-corrected chi connectivity index (χ4v) is 2.80. The maximum Gasteiger partial charge on any atom is 0.260 e. The first-order valence-electron chi connectivity index (χ1n) is 7.47. The van der Waals surface area contributed by atoms with Gasteiger partial charge in [0.15, 0.2) is 0 Å². The molecule has 1 aromatic heterocycles. The average molecular weight is 335 g/mol. The lowest BCUT2D eigenvalue weighted by Gasteiger charge is -2.26. The Kier molecular flexibility index (Phi) is 4.71. The maximum atomic E-state index is 13.7. The molecule has 0 spiro atoms. The summed E-state index contributed by atoms with van der Waals surface area (Å²) in [5.41, 5.74) is 0.212. The Morgan fingerprint density at radius 2 is 1.87 bits per heavy atom. The van der Waals surface area contributed by atoms with Crippen LogP contribution in [0.2, 0.25) is 5.02 Å². The van der Waals surface area contributed by atoms with E-state index in [9.17, 15) is 9.18 Å². The van der Waals surface area contributed by atoms with Gasteiger partial charge < -0.3 is 10.2 Å². The molecule has 0 radical (unpaired) electrons. The van der Waals surface area contributed by atoms with Gasteiger partial charge in [0.1, 0.15) is 5.82 Å². The standard InChI is InChI=1S/C16H16ClFN4O/c17-12-5-4-6-13(18)14(12)15(23)21-11-9-19-16(20-10-11)22-7-2-1-3-8-22/h4-6,9-10H,1-3,7-8H2,(H,21,23). The van der Waals surface area contributed by atoms with Crippen LogP contribution >= 0.6 is 11.6 Å². The molecule has 1 aliphatic heterocycles. The van der Waals surface area contributed by atoms with Crippen LogP contribution in [-0.4, -0.2) is 29.0 Å². The Morgan fingerprint density at radius 1 is 1.17 bits per heavy atom. The zero-order valence-electron chi connectivity index (χ0n) is 12.4. The molecule has 1 fully saturated rings. The minimum Gasteiger partial charge on any atom is -0.341 e. The van der Waals surface area contributed by atoms with E-state index in [4.69, 9.17) is 11.6 Å². The summed E-state index contributed by atoms with van der Waals surface area (Å²) in [5.74, 6) is -0.644. The molecule has 120 valence electrons. The molecule has 1 aliphatic rings. The van der Waals surface area contributed by atoms with Gasteiger partial charge in [-0.1, -0.05) is 17.7 Å². The highest BCUT2D eigenvalue weighted by molar-refractivity contribution is 6.34. The van der Waals surface area contributed by atoms with E-state index in [1.54, 1.807) is 0 Å². The van der Waals surface area contributed by atoms with Crippen LogP contribution in [-0.2, 0) is 0 Å². The van der Waals surface area contributed by atoms with Gasteiger partial charge in [-0.2, -0.15) is 0 Å². The Bertz CT molecular complexity index is 681. The second-order valence-electron chi connectivity index (χ2n) is 5.37. The van der Waals surface area contributed by atoms with Crippen LogP contribution < -0.4 is 10.2 Å². The molecule has 2 heterocycles. The average Bonchev–Trinajstić information content (AvgIpc) is 2.56. The number of hydrogen-bond acceptors (Lipinski definition) is 4. The fourth-order valence-electron chi connectivity index (χ4n) is 2.55. The fraction of sp³-hybridized carbons (Fsp3) is 0.312. The van der Waals surface area contributed by atoms with Gasteiger partial charge in [0.2, 0.25) is 5.95 Å². The molecule has 0 unspecified atom stereocenters. The molecule has 1 aromatic carbocycles. The van der Waals surface area contributed by atoms with Crippen LogP contribution in [0.5, 0.6) is 0 Å². The number of aromatic nitrogens is 2. The summed E-state index contributed by atoms with van der Waals surface area (Å²) in [6, 6.07) is 4.11.